The lowest BCUT2D eigenvalue weighted by molar-refractivity contribution is -0.140. The number of fused-ring (bicyclic) bond motifs is 2. The molecule has 0 spiro atoms. The molecule has 2 heterocycles. The third-order valence-electron chi connectivity index (χ3n) is 7.00. The van der Waals surface area contributed by atoms with Crippen LogP contribution in [0.1, 0.15) is 79.0 Å². The normalized spacial score (nSPS) is 13.6. The first-order valence-electron chi connectivity index (χ1n) is 13.3. The molecule has 1 amide bonds. The molecule has 0 bridgehead atoms. The molecule has 4 aromatic rings. The van der Waals surface area contributed by atoms with Gasteiger partial charge in [-0.1, -0.05) is 32.2 Å². The minimum Gasteiger partial charge on any atom is -0.477 e. The molecular formula is C31H30F5N5O5. The Balaban J connectivity index is 0.000000347. The molecule has 4 N–H and O–H groups in total. The molecule has 1 atom stereocenters. The zero-order valence-corrected chi connectivity index (χ0v) is 23.6. The van der Waals surface area contributed by atoms with E-state index in [9.17, 15) is 41.4 Å². The molecule has 5 rings (SSSR count). The van der Waals surface area contributed by atoms with Gasteiger partial charge in [0.1, 0.15) is 18.1 Å². The van der Waals surface area contributed by atoms with Crippen LogP contribution in [0.3, 0.4) is 0 Å². The van der Waals surface area contributed by atoms with Crippen LogP contribution in [0, 0.1) is 18.6 Å². The second-order valence-corrected chi connectivity index (χ2v) is 9.83. The number of ether oxygens (including phenoxy) is 1. The molecule has 46 heavy (non-hydrogen) atoms. The zero-order valence-electron chi connectivity index (χ0n) is 23.6. The molecule has 2 aromatic heterocycles. The van der Waals surface area contributed by atoms with Crippen LogP contribution in [-0.2, 0) is 23.9 Å². The Bertz CT molecular complexity index is 1800. The summed E-state index contributed by atoms with van der Waals surface area (Å²) in [5.74, 6) is -4.56. The number of carbonyl (C=O) groups is 3. The van der Waals surface area contributed by atoms with Gasteiger partial charge in [-0.2, -0.15) is 18.3 Å². The average Bonchev–Trinajstić information content (AvgIpc) is 3.59. The van der Waals surface area contributed by atoms with Crippen LogP contribution in [0.5, 0.6) is 0 Å². The van der Waals surface area contributed by atoms with Gasteiger partial charge in [-0.25, -0.2) is 27.9 Å². The van der Waals surface area contributed by atoms with E-state index < -0.39 is 46.9 Å². The summed E-state index contributed by atoms with van der Waals surface area (Å²) in [5, 5.41) is 15.9. The number of carbonyl (C=O) groups excluding carboxylic acids is 2. The van der Waals surface area contributed by atoms with E-state index in [-0.39, 0.29) is 43.5 Å². The molecule has 0 saturated carbocycles. The van der Waals surface area contributed by atoms with Crippen molar-refractivity contribution in [3.8, 4) is 0 Å². The SMILES string of the molecule is C.C=CCOC(=O)c1ccc2c(c1C)CC[C@@H]2NC(=O)c1cc(C(=O)O)nc2c(F)cnn12.NCc1ccc(F)c(C(F)(F)F)c1. The van der Waals surface area contributed by atoms with Crippen molar-refractivity contribution in [1.82, 2.24) is 19.9 Å². The first-order valence-corrected chi connectivity index (χ1v) is 13.3. The average molecular weight is 648 g/mol. The lowest BCUT2D eigenvalue weighted by atomic mass is 9.98. The van der Waals surface area contributed by atoms with Gasteiger partial charge in [0.05, 0.1) is 23.4 Å². The number of nitrogens with zero attached hydrogens (tertiary/aromatic N) is 3. The largest absolute Gasteiger partial charge is 0.477 e. The summed E-state index contributed by atoms with van der Waals surface area (Å²) >= 11 is 0. The van der Waals surface area contributed by atoms with Crippen molar-refractivity contribution in [1.29, 1.82) is 0 Å². The van der Waals surface area contributed by atoms with E-state index in [4.69, 9.17) is 10.5 Å². The van der Waals surface area contributed by atoms with E-state index in [2.05, 4.69) is 22.0 Å². The van der Waals surface area contributed by atoms with Crippen molar-refractivity contribution in [2.24, 2.45) is 5.73 Å². The molecule has 0 unspecified atom stereocenters. The number of carboxylic acid groups (broad SMARTS) is 1. The Labute approximate surface area is 259 Å². The molecule has 244 valence electrons. The van der Waals surface area contributed by atoms with Gasteiger partial charge in [-0.15, -0.1) is 0 Å². The summed E-state index contributed by atoms with van der Waals surface area (Å²) in [6.07, 6.45) is -1.08. The minimum atomic E-state index is -4.66. The fourth-order valence-electron chi connectivity index (χ4n) is 4.82. The molecule has 15 heteroatoms. The maximum atomic E-state index is 13.9. The summed E-state index contributed by atoms with van der Waals surface area (Å²) in [6.45, 7) is 5.42. The second-order valence-electron chi connectivity index (χ2n) is 9.83. The third kappa shape index (κ3) is 7.37. The van der Waals surface area contributed by atoms with Gasteiger partial charge >= 0.3 is 18.1 Å². The first-order chi connectivity index (χ1) is 21.3. The summed E-state index contributed by atoms with van der Waals surface area (Å²) < 4.78 is 68.9. The molecule has 0 fully saturated rings. The van der Waals surface area contributed by atoms with E-state index in [1.54, 1.807) is 12.1 Å². The highest BCUT2D eigenvalue weighted by atomic mass is 19.4. The number of alkyl halides is 3. The molecule has 0 radical (unpaired) electrons. The minimum absolute atomic E-state index is 0. The van der Waals surface area contributed by atoms with Gasteiger partial charge in [-0.3, -0.25) is 4.79 Å². The summed E-state index contributed by atoms with van der Waals surface area (Å²) in [7, 11) is 0. The van der Waals surface area contributed by atoms with Crippen molar-refractivity contribution in [3.05, 3.63) is 112 Å². The Hall–Kier alpha value is -5.18. The van der Waals surface area contributed by atoms with Gasteiger partial charge in [0.15, 0.2) is 17.2 Å². The highest BCUT2D eigenvalue weighted by molar-refractivity contribution is 5.96. The number of aromatic carboxylic acids is 1. The Morgan fingerprint density at radius 1 is 1.17 bits per heavy atom. The molecular weight excluding hydrogens is 617 g/mol. The van der Waals surface area contributed by atoms with Crippen molar-refractivity contribution in [2.45, 2.75) is 46.0 Å². The molecule has 10 nitrogen and oxygen atoms in total. The fourth-order valence-corrected chi connectivity index (χ4v) is 4.82. The van der Waals surface area contributed by atoms with E-state index in [0.717, 1.165) is 45.6 Å². The summed E-state index contributed by atoms with van der Waals surface area (Å²) in [5.41, 5.74) is 6.18. The molecule has 1 aliphatic rings. The van der Waals surface area contributed by atoms with Crippen LogP contribution < -0.4 is 11.1 Å². The smallest absolute Gasteiger partial charge is 0.419 e. The van der Waals surface area contributed by atoms with Crippen molar-refractivity contribution in [2.75, 3.05) is 6.61 Å². The molecule has 1 aliphatic carbocycles. The van der Waals surface area contributed by atoms with Crippen LogP contribution in [0.2, 0.25) is 0 Å². The lowest BCUT2D eigenvalue weighted by Gasteiger charge is -2.16. The fraction of sp³-hybridized carbons (Fsp3) is 0.258. The number of halogens is 5. The summed E-state index contributed by atoms with van der Waals surface area (Å²) in [6, 6.07) is 6.82. The number of nitrogens with one attached hydrogen (secondary N) is 1. The topological polar surface area (TPSA) is 149 Å². The van der Waals surface area contributed by atoms with Crippen LogP contribution >= 0.6 is 0 Å². The number of hydrogen-bond acceptors (Lipinski definition) is 7. The molecule has 0 aliphatic heterocycles. The van der Waals surface area contributed by atoms with Gasteiger partial charge < -0.3 is 20.9 Å². The lowest BCUT2D eigenvalue weighted by Crippen LogP contribution is -2.29. The number of hydrogen-bond donors (Lipinski definition) is 3. The maximum absolute atomic E-state index is 13.9. The highest BCUT2D eigenvalue weighted by Crippen LogP contribution is 2.35. The first kappa shape index (κ1) is 35.3. The maximum Gasteiger partial charge on any atom is 0.419 e. The van der Waals surface area contributed by atoms with Gasteiger partial charge in [0, 0.05) is 12.6 Å². The predicted octanol–water partition coefficient (Wildman–Crippen LogP) is 5.57. The van der Waals surface area contributed by atoms with Crippen LogP contribution in [0.25, 0.3) is 5.65 Å². The highest BCUT2D eigenvalue weighted by Gasteiger charge is 2.34. The molecule has 2 aromatic carbocycles. The standard InChI is InChI=1S/C22H19FN4O5.C8H7F4N.CH4/c1-3-8-32-22(31)13-4-5-14-12(11(13)2)6-7-16(14)26-20(28)18-9-17(21(29)30)25-19-15(23)10-24-27(18)19;9-7-2-1-5(4-13)3-6(7)8(10,11)12;/h3-5,9-10,16H,1,6-8H2,2H3,(H,26,28)(H,29,30);1-3H,4,13H2;1H4/t16-;;/m0../s1. The summed E-state index contributed by atoms with van der Waals surface area (Å²) in [4.78, 5) is 40.3. The van der Waals surface area contributed by atoms with Crippen LogP contribution in [0.4, 0.5) is 22.0 Å². The van der Waals surface area contributed by atoms with Crippen molar-refractivity contribution in [3.63, 3.8) is 0 Å². The number of aromatic nitrogens is 3. The quantitative estimate of drug-likeness (QED) is 0.134. The van der Waals surface area contributed by atoms with E-state index in [0.29, 0.717) is 18.4 Å². The van der Waals surface area contributed by atoms with Gasteiger partial charge in [-0.05, 0) is 60.2 Å². The zero-order chi connectivity index (χ0) is 33.1. The van der Waals surface area contributed by atoms with Crippen molar-refractivity contribution < 1.29 is 46.2 Å². The predicted molar refractivity (Wildman–Crippen MR) is 156 cm³/mol. The Morgan fingerprint density at radius 2 is 1.89 bits per heavy atom. The number of nitrogens with two attached hydrogens (primary N) is 1. The number of rotatable bonds is 7. The van der Waals surface area contributed by atoms with E-state index in [1.165, 1.54) is 12.1 Å². The number of esters is 1. The monoisotopic (exact) mass is 647 g/mol. The Morgan fingerprint density at radius 3 is 2.52 bits per heavy atom. The Kier molecular flexibility index (Phi) is 11.0. The molecule has 0 saturated heterocycles. The third-order valence-corrected chi connectivity index (χ3v) is 7.00. The van der Waals surface area contributed by atoms with Gasteiger partial charge in [0.25, 0.3) is 5.91 Å². The van der Waals surface area contributed by atoms with Crippen molar-refractivity contribution >= 4 is 23.5 Å². The number of carboxylic acids is 1. The van der Waals surface area contributed by atoms with Gasteiger partial charge in [0.2, 0.25) is 0 Å². The van der Waals surface area contributed by atoms with E-state index >= 15 is 0 Å². The second kappa shape index (κ2) is 14.3. The van der Waals surface area contributed by atoms with Crippen LogP contribution in [-0.4, -0.2) is 44.2 Å². The number of benzene rings is 2. The van der Waals surface area contributed by atoms with Crippen LogP contribution in [0.15, 0.2) is 55.3 Å². The number of amides is 1. The van der Waals surface area contributed by atoms with E-state index in [1.807, 2.05) is 6.92 Å².